The number of aromatic nitrogens is 2. The third-order valence-corrected chi connectivity index (χ3v) is 5.19. The minimum absolute atomic E-state index is 0.0498. The van der Waals surface area contributed by atoms with Gasteiger partial charge in [-0.2, -0.15) is 5.10 Å². The molecular weight excluding hydrogens is 340 g/mol. The normalized spacial score (nSPS) is 14.7. The molecule has 0 radical (unpaired) electrons. The molecule has 0 unspecified atom stereocenters. The van der Waals surface area contributed by atoms with Crippen LogP contribution < -0.4 is 5.32 Å². The van der Waals surface area contributed by atoms with Crippen molar-refractivity contribution < 1.29 is 9.59 Å². The zero-order valence-electron chi connectivity index (χ0n) is 16.1. The molecule has 0 saturated heterocycles. The van der Waals surface area contributed by atoms with E-state index < -0.39 is 0 Å². The Morgan fingerprint density at radius 1 is 1.19 bits per heavy atom. The molecule has 1 aromatic heterocycles. The van der Waals surface area contributed by atoms with Crippen LogP contribution in [0.3, 0.4) is 0 Å². The summed E-state index contributed by atoms with van der Waals surface area (Å²) in [4.78, 5) is 26.6. The Kier molecular flexibility index (Phi) is 6.27. The lowest BCUT2D eigenvalue weighted by Crippen LogP contribution is -2.38. The monoisotopic (exact) mass is 368 g/mol. The van der Waals surface area contributed by atoms with Crippen LogP contribution in [-0.4, -0.2) is 39.6 Å². The topological polar surface area (TPSA) is 67.2 Å². The Bertz CT molecular complexity index is 776. The van der Waals surface area contributed by atoms with E-state index in [9.17, 15) is 9.59 Å². The Morgan fingerprint density at radius 3 is 2.52 bits per heavy atom. The van der Waals surface area contributed by atoms with E-state index in [0.717, 1.165) is 18.4 Å². The van der Waals surface area contributed by atoms with Gasteiger partial charge in [-0.15, -0.1) is 0 Å². The second-order valence-corrected chi connectivity index (χ2v) is 7.36. The van der Waals surface area contributed by atoms with Gasteiger partial charge < -0.3 is 10.2 Å². The first-order valence-electron chi connectivity index (χ1n) is 9.69. The Labute approximate surface area is 160 Å². The van der Waals surface area contributed by atoms with Crippen LogP contribution in [0.15, 0.2) is 36.7 Å². The molecule has 1 N–H and O–H groups in total. The van der Waals surface area contributed by atoms with E-state index in [1.54, 1.807) is 35.1 Å². The van der Waals surface area contributed by atoms with Crippen molar-refractivity contribution in [3.63, 3.8) is 0 Å². The van der Waals surface area contributed by atoms with Gasteiger partial charge in [-0.05, 0) is 49.6 Å². The SMILES string of the molecule is Cc1cnn(CCC(=O)Nc2ccc(C(=O)N(C)C3CCCCC3)cc2)c1. The molecule has 27 heavy (non-hydrogen) atoms. The van der Waals surface area contributed by atoms with Gasteiger partial charge in [-0.1, -0.05) is 19.3 Å². The predicted molar refractivity (Wildman–Crippen MR) is 106 cm³/mol. The van der Waals surface area contributed by atoms with E-state index in [0.29, 0.717) is 30.3 Å². The lowest BCUT2D eigenvalue weighted by atomic mass is 9.94. The number of anilines is 1. The highest BCUT2D eigenvalue weighted by atomic mass is 16.2. The molecule has 6 heteroatoms. The minimum atomic E-state index is -0.0680. The zero-order valence-corrected chi connectivity index (χ0v) is 16.1. The maximum Gasteiger partial charge on any atom is 0.253 e. The number of aryl methyl sites for hydroxylation is 2. The molecule has 6 nitrogen and oxygen atoms in total. The molecule has 0 spiro atoms. The smallest absolute Gasteiger partial charge is 0.253 e. The van der Waals surface area contributed by atoms with Gasteiger partial charge in [-0.25, -0.2) is 0 Å². The Balaban J connectivity index is 1.51. The van der Waals surface area contributed by atoms with Crippen LogP contribution in [0.2, 0.25) is 0 Å². The average Bonchev–Trinajstić information content (AvgIpc) is 3.12. The second kappa shape index (κ2) is 8.84. The molecule has 1 aliphatic carbocycles. The first-order valence-corrected chi connectivity index (χ1v) is 9.69. The summed E-state index contributed by atoms with van der Waals surface area (Å²) in [6.45, 7) is 2.51. The van der Waals surface area contributed by atoms with E-state index in [2.05, 4.69) is 10.4 Å². The summed E-state index contributed by atoms with van der Waals surface area (Å²) in [5, 5.41) is 7.05. The number of benzene rings is 1. The fraction of sp³-hybridized carbons (Fsp3) is 0.476. The van der Waals surface area contributed by atoms with Crippen LogP contribution in [0, 0.1) is 6.92 Å². The van der Waals surface area contributed by atoms with Crippen molar-refractivity contribution in [2.75, 3.05) is 12.4 Å². The maximum atomic E-state index is 12.7. The van der Waals surface area contributed by atoms with Crippen molar-refractivity contribution in [1.82, 2.24) is 14.7 Å². The first-order chi connectivity index (χ1) is 13.0. The molecule has 0 bridgehead atoms. The maximum absolute atomic E-state index is 12.7. The van der Waals surface area contributed by atoms with Crippen molar-refractivity contribution in [1.29, 1.82) is 0 Å². The molecule has 2 amide bonds. The molecule has 1 fully saturated rings. The number of nitrogens with zero attached hydrogens (tertiary/aromatic N) is 3. The quantitative estimate of drug-likeness (QED) is 0.847. The van der Waals surface area contributed by atoms with Gasteiger partial charge in [0.05, 0.1) is 6.20 Å². The fourth-order valence-electron chi connectivity index (χ4n) is 3.56. The molecule has 2 aromatic rings. The number of hydrogen-bond acceptors (Lipinski definition) is 3. The molecule has 1 aromatic carbocycles. The molecule has 3 rings (SSSR count). The lowest BCUT2D eigenvalue weighted by Gasteiger charge is -2.31. The van der Waals surface area contributed by atoms with Gasteiger partial charge in [0.25, 0.3) is 5.91 Å². The standard InChI is InChI=1S/C21H28N4O2/c1-16-14-22-25(15-16)13-12-20(26)23-18-10-8-17(9-11-18)21(27)24(2)19-6-4-3-5-7-19/h8-11,14-15,19H,3-7,12-13H2,1-2H3,(H,23,26). The largest absolute Gasteiger partial charge is 0.339 e. The van der Waals surface area contributed by atoms with E-state index in [-0.39, 0.29) is 11.8 Å². The molecule has 1 saturated carbocycles. The van der Waals surface area contributed by atoms with Crippen LogP contribution in [0.4, 0.5) is 5.69 Å². The molecular formula is C21H28N4O2. The van der Waals surface area contributed by atoms with Crippen molar-refractivity contribution in [3.8, 4) is 0 Å². The van der Waals surface area contributed by atoms with Crippen molar-refractivity contribution >= 4 is 17.5 Å². The van der Waals surface area contributed by atoms with E-state index in [1.165, 1.54) is 19.3 Å². The summed E-state index contributed by atoms with van der Waals surface area (Å²) in [6.07, 6.45) is 9.89. The van der Waals surface area contributed by atoms with E-state index in [1.807, 2.05) is 25.1 Å². The van der Waals surface area contributed by atoms with E-state index >= 15 is 0 Å². The highest BCUT2D eigenvalue weighted by Crippen LogP contribution is 2.23. The van der Waals surface area contributed by atoms with Crippen molar-refractivity contribution in [3.05, 3.63) is 47.8 Å². The lowest BCUT2D eigenvalue weighted by molar-refractivity contribution is -0.116. The van der Waals surface area contributed by atoms with Gasteiger partial charge in [-0.3, -0.25) is 14.3 Å². The molecule has 1 aliphatic rings. The molecule has 0 aliphatic heterocycles. The van der Waals surface area contributed by atoms with Crippen LogP contribution in [-0.2, 0) is 11.3 Å². The number of carbonyl (C=O) groups is 2. The third-order valence-electron chi connectivity index (χ3n) is 5.19. The average molecular weight is 368 g/mol. The summed E-state index contributed by atoms with van der Waals surface area (Å²) in [7, 11) is 1.89. The fourth-order valence-corrected chi connectivity index (χ4v) is 3.56. The summed E-state index contributed by atoms with van der Waals surface area (Å²) in [5.74, 6) is -0.0182. The Hall–Kier alpha value is -2.63. The van der Waals surface area contributed by atoms with Gasteiger partial charge in [0, 0.05) is 43.5 Å². The summed E-state index contributed by atoms with van der Waals surface area (Å²) in [5.41, 5.74) is 2.44. The number of amides is 2. The highest BCUT2D eigenvalue weighted by Gasteiger charge is 2.22. The van der Waals surface area contributed by atoms with E-state index in [4.69, 9.17) is 0 Å². The summed E-state index contributed by atoms with van der Waals surface area (Å²) < 4.78 is 1.76. The third kappa shape index (κ3) is 5.18. The Morgan fingerprint density at radius 2 is 1.89 bits per heavy atom. The molecule has 144 valence electrons. The first kappa shape index (κ1) is 19.1. The zero-order chi connectivity index (χ0) is 19.2. The van der Waals surface area contributed by atoms with Crippen molar-refractivity contribution in [2.24, 2.45) is 0 Å². The van der Waals surface area contributed by atoms with Crippen LogP contribution >= 0.6 is 0 Å². The van der Waals surface area contributed by atoms with Gasteiger partial charge in [0.1, 0.15) is 0 Å². The number of nitrogens with one attached hydrogen (secondary N) is 1. The molecule has 0 atom stereocenters. The minimum Gasteiger partial charge on any atom is -0.339 e. The second-order valence-electron chi connectivity index (χ2n) is 7.36. The van der Waals surface area contributed by atoms with Crippen LogP contribution in [0.1, 0.15) is 54.4 Å². The predicted octanol–water partition coefficient (Wildman–Crippen LogP) is 3.63. The van der Waals surface area contributed by atoms with Crippen LogP contribution in [0.25, 0.3) is 0 Å². The highest BCUT2D eigenvalue weighted by molar-refractivity contribution is 5.95. The summed E-state index contributed by atoms with van der Waals surface area (Å²) in [6, 6.07) is 7.49. The summed E-state index contributed by atoms with van der Waals surface area (Å²) >= 11 is 0. The van der Waals surface area contributed by atoms with Gasteiger partial charge in [0.15, 0.2) is 0 Å². The van der Waals surface area contributed by atoms with Crippen LogP contribution in [0.5, 0.6) is 0 Å². The van der Waals surface area contributed by atoms with Gasteiger partial charge in [0.2, 0.25) is 5.91 Å². The van der Waals surface area contributed by atoms with Gasteiger partial charge >= 0.3 is 0 Å². The van der Waals surface area contributed by atoms with Crippen molar-refractivity contribution in [2.45, 2.75) is 58.0 Å². The molecule has 1 heterocycles. The number of carbonyl (C=O) groups excluding carboxylic acids is 2. The number of hydrogen-bond donors (Lipinski definition) is 1. The number of rotatable bonds is 6.